The van der Waals surface area contributed by atoms with E-state index in [0.717, 1.165) is 50.4 Å². The molecule has 0 N–H and O–H groups in total. The molecule has 4 aromatic carbocycles. The fourth-order valence-corrected chi connectivity index (χ4v) is 4.16. The van der Waals surface area contributed by atoms with Crippen molar-refractivity contribution in [1.82, 2.24) is 14.8 Å². The third-order valence-corrected chi connectivity index (χ3v) is 6.00. The smallest absolute Gasteiger partial charge is 0.164 e. The van der Waals surface area contributed by atoms with Gasteiger partial charge in [0.2, 0.25) is 0 Å². The lowest BCUT2D eigenvalue weighted by molar-refractivity contribution is 0.483. The van der Waals surface area contributed by atoms with Crippen molar-refractivity contribution >= 4 is 21.9 Å². The summed E-state index contributed by atoms with van der Waals surface area (Å²) in [4.78, 5) is 5.03. The van der Waals surface area contributed by atoms with Crippen LogP contribution in [0.1, 0.15) is 11.1 Å². The molecule has 6 rings (SSSR count). The largest absolute Gasteiger partial charge is 0.457 e. The van der Waals surface area contributed by atoms with E-state index < -0.39 is 0 Å². The van der Waals surface area contributed by atoms with Gasteiger partial charge >= 0.3 is 0 Å². The first-order chi connectivity index (χ1) is 16.6. The molecule has 0 radical (unpaired) electrons. The van der Waals surface area contributed by atoms with Crippen molar-refractivity contribution in [2.75, 3.05) is 0 Å². The maximum atomic E-state index is 6.06. The molecule has 34 heavy (non-hydrogen) atoms. The number of hydrogen-bond donors (Lipinski definition) is 0. The molecule has 0 saturated heterocycles. The second-order valence-corrected chi connectivity index (χ2v) is 8.59. The summed E-state index contributed by atoms with van der Waals surface area (Å²) in [5.74, 6) is 1.59. The van der Waals surface area contributed by atoms with E-state index in [1.165, 1.54) is 11.1 Å². The van der Waals surface area contributed by atoms with Crippen molar-refractivity contribution in [1.29, 1.82) is 0 Å². The van der Waals surface area contributed by atoms with E-state index in [9.17, 15) is 0 Å². The van der Waals surface area contributed by atoms with Crippen molar-refractivity contribution in [2.45, 2.75) is 13.8 Å². The number of nitrogens with zero attached hydrogens (tertiary/aromatic N) is 3. The molecule has 0 unspecified atom stereocenters. The van der Waals surface area contributed by atoms with Crippen LogP contribution in [0.15, 0.2) is 103 Å². The Labute approximate surface area is 198 Å². The first-order valence-corrected chi connectivity index (χ1v) is 11.3. The number of aryl methyl sites for hydroxylation is 2. The normalized spacial score (nSPS) is 11.2. The van der Waals surface area contributed by atoms with Crippen LogP contribution in [0, 0.1) is 13.8 Å². The Kier molecular flexibility index (Phi) is 4.84. The number of hydrogen-bond acceptors (Lipinski definition) is 3. The van der Waals surface area contributed by atoms with Gasteiger partial charge in [-0.2, -0.15) is 5.10 Å². The predicted octanol–water partition coefficient (Wildman–Crippen LogP) is 7.65. The molecule has 0 saturated carbocycles. The van der Waals surface area contributed by atoms with Gasteiger partial charge in [0.05, 0.1) is 11.2 Å². The summed E-state index contributed by atoms with van der Waals surface area (Å²) < 4.78 is 8.01. The summed E-state index contributed by atoms with van der Waals surface area (Å²) in [5, 5.41) is 7.05. The van der Waals surface area contributed by atoms with Gasteiger partial charge in [0.25, 0.3) is 0 Å². The molecule has 4 nitrogen and oxygen atoms in total. The molecule has 2 heterocycles. The summed E-state index contributed by atoms with van der Waals surface area (Å²) in [6, 6.07) is 34.8. The van der Waals surface area contributed by atoms with E-state index in [0.29, 0.717) is 0 Å². The average Bonchev–Trinajstić information content (AvgIpc) is 3.22. The first-order valence-electron chi connectivity index (χ1n) is 11.3. The van der Waals surface area contributed by atoms with Gasteiger partial charge in [-0.3, -0.25) is 0 Å². The second-order valence-electron chi connectivity index (χ2n) is 8.59. The van der Waals surface area contributed by atoms with Crippen LogP contribution in [0.3, 0.4) is 0 Å². The number of fused-ring (bicyclic) bond motifs is 2. The molecule has 0 aliphatic carbocycles. The summed E-state index contributed by atoms with van der Waals surface area (Å²) in [5.41, 5.74) is 7.14. The number of pyridine rings is 1. The molecular formula is C30H23N3O. The number of ether oxygens (including phenoxy) is 1. The monoisotopic (exact) mass is 441 g/mol. The number of para-hydroxylation sites is 1. The second kappa shape index (κ2) is 8.16. The van der Waals surface area contributed by atoms with Gasteiger partial charge < -0.3 is 4.74 Å². The van der Waals surface area contributed by atoms with Crippen LogP contribution >= 0.6 is 0 Å². The fraction of sp³-hybridized carbons (Fsp3) is 0.0667. The van der Waals surface area contributed by atoms with Crippen LogP contribution in [-0.2, 0) is 0 Å². The summed E-state index contributed by atoms with van der Waals surface area (Å²) in [7, 11) is 0. The maximum absolute atomic E-state index is 6.06. The van der Waals surface area contributed by atoms with Gasteiger partial charge in [-0.05, 0) is 62.4 Å². The van der Waals surface area contributed by atoms with Crippen LogP contribution in [0.5, 0.6) is 11.5 Å². The molecule has 164 valence electrons. The number of aromatic nitrogens is 3. The van der Waals surface area contributed by atoms with E-state index in [4.69, 9.17) is 14.8 Å². The van der Waals surface area contributed by atoms with E-state index in [1.807, 2.05) is 53.2 Å². The minimum Gasteiger partial charge on any atom is -0.457 e. The maximum Gasteiger partial charge on any atom is 0.164 e. The third-order valence-electron chi connectivity index (χ3n) is 6.00. The molecule has 0 bridgehead atoms. The SMILES string of the molecule is Cc1ccc(-c2nn(-c3ccc(C)cc3)c3nc4ccc(Oc5ccccc5)cc4cc23)cc1. The molecule has 0 atom stereocenters. The van der Waals surface area contributed by atoms with Gasteiger partial charge in [-0.1, -0.05) is 65.7 Å². The zero-order chi connectivity index (χ0) is 23.1. The summed E-state index contributed by atoms with van der Waals surface area (Å²) in [6.07, 6.45) is 0. The third kappa shape index (κ3) is 3.69. The lowest BCUT2D eigenvalue weighted by atomic mass is 10.1. The molecule has 6 aromatic rings. The molecule has 0 fully saturated rings. The van der Waals surface area contributed by atoms with Crippen molar-refractivity contribution in [3.8, 4) is 28.4 Å². The zero-order valence-electron chi connectivity index (χ0n) is 19.1. The Hall–Kier alpha value is -4.44. The standard InChI is InChI=1S/C30H23N3O/c1-20-8-12-22(13-9-20)29-27-19-23-18-26(34-25-6-4-3-5-7-25)16-17-28(23)31-30(27)33(32-29)24-14-10-21(2)11-15-24/h3-19H,1-2H3. The van der Waals surface area contributed by atoms with E-state index in [2.05, 4.69) is 68.4 Å². The van der Waals surface area contributed by atoms with Crippen molar-refractivity contribution in [2.24, 2.45) is 0 Å². The number of benzene rings is 4. The minimum absolute atomic E-state index is 0.780. The Bertz CT molecular complexity index is 1620. The van der Waals surface area contributed by atoms with E-state index in [-0.39, 0.29) is 0 Å². The Balaban J connectivity index is 1.55. The number of rotatable bonds is 4. The van der Waals surface area contributed by atoms with Crippen molar-refractivity contribution in [3.63, 3.8) is 0 Å². The highest BCUT2D eigenvalue weighted by atomic mass is 16.5. The van der Waals surface area contributed by atoms with Crippen LogP contribution in [0.25, 0.3) is 38.9 Å². The van der Waals surface area contributed by atoms with E-state index in [1.54, 1.807) is 0 Å². The van der Waals surface area contributed by atoms with Crippen molar-refractivity contribution < 1.29 is 4.74 Å². The Morgan fingerprint density at radius 2 is 1.38 bits per heavy atom. The highest BCUT2D eigenvalue weighted by molar-refractivity contribution is 5.99. The van der Waals surface area contributed by atoms with Gasteiger partial charge in [0, 0.05) is 16.3 Å². The molecule has 0 aliphatic heterocycles. The van der Waals surface area contributed by atoms with Gasteiger partial charge in [-0.15, -0.1) is 0 Å². The van der Waals surface area contributed by atoms with Gasteiger partial charge in [0.1, 0.15) is 17.2 Å². The average molecular weight is 442 g/mol. The quantitative estimate of drug-likeness (QED) is 0.282. The summed E-state index contributed by atoms with van der Waals surface area (Å²) in [6.45, 7) is 4.18. The predicted molar refractivity (Wildman–Crippen MR) is 138 cm³/mol. The molecule has 4 heteroatoms. The first kappa shape index (κ1) is 20.2. The fourth-order valence-electron chi connectivity index (χ4n) is 4.16. The lowest BCUT2D eigenvalue weighted by Gasteiger charge is -2.07. The van der Waals surface area contributed by atoms with Crippen molar-refractivity contribution in [3.05, 3.63) is 114 Å². The highest BCUT2D eigenvalue weighted by Crippen LogP contribution is 2.33. The van der Waals surface area contributed by atoms with Crippen LogP contribution in [0.2, 0.25) is 0 Å². The molecule has 0 aliphatic rings. The van der Waals surface area contributed by atoms with Crippen LogP contribution in [0.4, 0.5) is 0 Å². The minimum atomic E-state index is 0.780. The van der Waals surface area contributed by atoms with Gasteiger partial charge in [-0.25, -0.2) is 9.67 Å². The van der Waals surface area contributed by atoms with Crippen LogP contribution in [-0.4, -0.2) is 14.8 Å². The van der Waals surface area contributed by atoms with Gasteiger partial charge in [0.15, 0.2) is 5.65 Å². The zero-order valence-corrected chi connectivity index (χ0v) is 19.1. The van der Waals surface area contributed by atoms with Crippen LogP contribution < -0.4 is 4.74 Å². The molecule has 0 spiro atoms. The highest BCUT2D eigenvalue weighted by Gasteiger charge is 2.16. The molecule has 0 amide bonds. The Morgan fingerprint density at radius 1 is 0.676 bits per heavy atom. The Morgan fingerprint density at radius 3 is 2.12 bits per heavy atom. The summed E-state index contributed by atoms with van der Waals surface area (Å²) >= 11 is 0. The molecule has 2 aromatic heterocycles. The lowest BCUT2D eigenvalue weighted by Crippen LogP contribution is -1.98. The van der Waals surface area contributed by atoms with E-state index >= 15 is 0 Å². The molecular weight excluding hydrogens is 418 g/mol. The topological polar surface area (TPSA) is 39.9 Å².